The average Bonchev–Trinajstić information content (AvgIpc) is 3.40. The minimum atomic E-state index is -1.08. The number of para-hydroxylation sites is 1. The fourth-order valence-electron chi connectivity index (χ4n) is 5.61. The molecule has 0 spiro atoms. The van der Waals surface area contributed by atoms with Gasteiger partial charge in [-0.2, -0.15) is 0 Å². The highest BCUT2D eigenvalue weighted by atomic mass is 16.2. The molecular weight excluding hydrogens is 470 g/mol. The Morgan fingerprint density at radius 2 is 1.57 bits per heavy atom. The van der Waals surface area contributed by atoms with Crippen molar-refractivity contribution in [2.24, 2.45) is 11.8 Å². The molecule has 3 aliphatic heterocycles. The normalized spacial score (nSPS) is 25.6. The van der Waals surface area contributed by atoms with E-state index in [0.29, 0.717) is 31.9 Å². The highest BCUT2D eigenvalue weighted by Gasteiger charge is 2.64. The van der Waals surface area contributed by atoms with Gasteiger partial charge in [-0.1, -0.05) is 60.7 Å². The highest BCUT2D eigenvalue weighted by Crippen LogP contribution is 2.44. The number of anilines is 1. The van der Waals surface area contributed by atoms with Crippen LogP contribution in [0.5, 0.6) is 0 Å². The second-order valence-corrected chi connectivity index (χ2v) is 9.46. The summed E-state index contributed by atoms with van der Waals surface area (Å²) >= 11 is 0. The number of piperazine rings is 1. The van der Waals surface area contributed by atoms with Crippen molar-refractivity contribution >= 4 is 35.5 Å². The number of urea groups is 1. The van der Waals surface area contributed by atoms with Crippen LogP contribution < -0.4 is 10.6 Å². The Morgan fingerprint density at radius 3 is 2.22 bits per heavy atom. The number of carbonyl (C=O) groups is 4. The van der Waals surface area contributed by atoms with E-state index in [4.69, 9.17) is 0 Å². The summed E-state index contributed by atoms with van der Waals surface area (Å²) in [6.45, 7) is 4.20. The maximum atomic E-state index is 13.9. The number of hydrogen-bond donors (Lipinski definition) is 2. The Hall–Kier alpha value is -3.98. The highest BCUT2D eigenvalue weighted by molar-refractivity contribution is 6.10. The van der Waals surface area contributed by atoms with Crippen molar-refractivity contribution in [3.05, 3.63) is 72.3 Å². The van der Waals surface area contributed by atoms with Crippen LogP contribution in [0.4, 0.5) is 10.5 Å². The summed E-state index contributed by atoms with van der Waals surface area (Å²) in [5, 5.41) is 6.10. The van der Waals surface area contributed by atoms with E-state index in [1.165, 1.54) is 9.80 Å². The van der Waals surface area contributed by atoms with Crippen LogP contribution in [0.15, 0.2) is 66.7 Å². The number of fused-ring (bicyclic) bond motifs is 1. The average molecular weight is 502 g/mol. The van der Waals surface area contributed by atoms with E-state index in [1.807, 2.05) is 42.5 Å². The van der Waals surface area contributed by atoms with Crippen molar-refractivity contribution in [3.63, 3.8) is 0 Å². The first-order valence-electron chi connectivity index (χ1n) is 12.7. The van der Waals surface area contributed by atoms with Crippen molar-refractivity contribution in [1.82, 2.24) is 20.0 Å². The lowest BCUT2D eigenvalue weighted by atomic mass is 9.88. The van der Waals surface area contributed by atoms with E-state index in [2.05, 4.69) is 10.6 Å². The molecule has 2 aromatic rings. The van der Waals surface area contributed by atoms with Crippen molar-refractivity contribution < 1.29 is 19.2 Å². The molecule has 5 rings (SSSR count). The molecule has 2 N–H and O–H groups in total. The van der Waals surface area contributed by atoms with Crippen LogP contribution in [0.1, 0.15) is 12.5 Å². The third kappa shape index (κ3) is 4.62. The Kier molecular flexibility index (Phi) is 7.05. The fourth-order valence-corrected chi connectivity index (χ4v) is 5.61. The van der Waals surface area contributed by atoms with Gasteiger partial charge in [-0.05, 0) is 24.6 Å². The van der Waals surface area contributed by atoms with E-state index in [1.54, 1.807) is 42.2 Å². The standard InChI is InChI=1S/C28H31N5O4/c1-2-32-25(34)22-21(14-13-19-9-5-3-6-10-19)33(28(37)30-20-11-7-4-8-12-20)24(23(22)26(32)35)27(36)31-17-15-29-16-18-31/h3-14,21-24,29H,2,15-18H2,1H3,(H,30,37). The lowest BCUT2D eigenvalue weighted by Gasteiger charge is -2.36. The fraction of sp³-hybridized carbons (Fsp3) is 0.357. The Bertz CT molecular complexity index is 1200. The monoisotopic (exact) mass is 501 g/mol. The van der Waals surface area contributed by atoms with Crippen LogP contribution in [0.2, 0.25) is 0 Å². The third-order valence-electron chi connectivity index (χ3n) is 7.36. The number of likely N-dealkylation sites (tertiary alicyclic amines) is 2. The third-order valence-corrected chi connectivity index (χ3v) is 7.36. The molecule has 0 radical (unpaired) electrons. The second-order valence-electron chi connectivity index (χ2n) is 9.46. The summed E-state index contributed by atoms with van der Waals surface area (Å²) in [7, 11) is 0. The van der Waals surface area contributed by atoms with E-state index in [9.17, 15) is 19.2 Å². The van der Waals surface area contributed by atoms with Crippen LogP contribution in [0.25, 0.3) is 6.08 Å². The summed E-state index contributed by atoms with van der Waals surface area (Å²) < 4.78 is 0. The number of nitrogens with one attached hydrogen (secondary N) is 2. The first-order valence-corrected chi connectivity index (χ1v) is 12.7. The van der Waals surface area contributed by atoms with Crippen molar-refractivity contribution in [3.8, 4) is 0 Å². The molecule has 37 heavy (non-hydrogen) atoms. The molecule has 9 heteroatoms. The zero-order valence-corrected chi connectivity index (χ0v) is 20.7. The summed E-state index contributed by atoms with van der Waals surface area (Å²) in [4.78, 5) is 59.1. The van der Waals surface area contributed by atoms with Crippen LogP contribution in [0, 0.1) is 11.8 Å². The molecule has 0 aromatic heterocycles. The Balaban J connectivity index is 1.58. The van der Waals surface area contributed by atoms with E-state index < -0.39 is 30.0 Å². The number of nitrogens with zero attached hydrogens (tertiary/aromatic N) is 3. The Labute approximate surface area is 216 Å². The predicted molar refractivity (Wildman–Crippen MR) is 139 cm³/mol. The number of benzene rings is 2. The molecule has 3 fully saturated rings. The van der Waals surface area contributed by atoms with E-state index in [-0.39, 0.29) is 24.3 Å². The van der Waals surface area contributed by atoms with Gasteiger partial charge in [0.25, 0.3) is 0 Å². The van der Waals surface area contributed by atoms with Gasteiger partial charge in [0, 0.05) is 38.4 Å². The van der Waals surface area contributed by atoms with E-state index >= 15 is 0 Å². The lowest BCUT2D eigenvalue weighted by Crippen LogP contribution is -2.58. The summed E-state index contributed by atoms with van der Waals surface area (Å²) in [5.74, 6) is -2.78. The van der Waals surface area contributed by atoms with Gasteiger partial charge in [0.1, 0.15) is 6.04 Å². The summed E-state index contributed by atoms with van der Waals surface area (Å²) in [6, 6.07) is 16.1. The van der Waals surface area contributed by atoms with Gasteiger partial charge in [0.05, 0.1) is 17.9 Å². The topological polar surface area (TPSA) is 102 Å². The summed E-state index contributed by atoms with van der Waals surface area (Å²) in [6.07, 6.45) is 3.63. The summed E-state index contributed by atoms with van der Waals surface area (Å²) in [5.41, 5.74) is 1.46. The number of amides is 5. The SMILES string of the molecule is CCN1C(=O)C2C(C1=O)C(C(=O)N1CCNCC1)N(C(=O)Nc1ccccc1)C2C=Cc1ccccc1. The Morgan fingerprint density at radius 1 is 0.946 bits per heavy atom. The van der Waals surface area contributed by atoms with Gasteiger partial charge in [0.15, 0.2) is 0 Å². The number of carbonyl (C=O) groups excluding carboxylic acids is 4. The molecule has 4 unspecified atom stereocenters. The molecular formula is C28H31N5O4. The van der Waals surface area contributed by atoms with Gasteiger partial charge in [-0.15, -0.1) is 0 Å². The molecule has 9 nitrogen and oxygen atoms in total. The second kappa shape index (κ2) is 10.6. The predicted octanol–water partition coefficient (Wildman–Crippen LogP) is 2.04. The van der Waals surface area contributed by atoms with Crippen LogP contribution in [-0.4, -0.2) is 83.3 Å². The van der Waals surface area contributed by atoms with Crippen molar-refractivity contribution in [2.75, 3.05) is 38.0 Å². The maximum absolute atomic E-state index is 13.9. The number of hydrogen-bond acceptors (Lipinski definition) is 5. The van der Waals surface area contributed by atoms with Crippen molar-refractivity contribution in [1.29, 1.82) is 0 Å². The molecule has 3 aliphatic rings. The van der Waals surface area contributed by atoms with Crippen LogP contribution >= 0.6 is 0 Å². The quantitative estimate of drug-likeness (QED) is 0.611. The van der Waals surface area contributed by atoms with Gasteiger partial charge in [0.2, 0.25) is 17.7 Å². The van der Waals surface area contributed by atoms with E-state index in [0.717, 1.165) is 5.56 Å². The molecule has 0 saturated carbocycles. The van der Waals surface area contributed by atoms with Gasteiger partial charge >= 0.3 is 6.03 Å². The van der Waals surface area contributed by atoms with Gasteiger partial charge in [-0.25, -0.2) is 4.79 Å². The smallest absolute Gasteiger partial charge is 0.323 e. The van der Waals surface area contributed by atoms with Gasteiger partial charge < -0.3 is 20.4 Å². The zero-order chi connectivity index (χ0) is 25.9. The van der Waals surface area contributed by atoms with Crippen LogP contribution in [0.3, 0.4) is 0 Å². The first-order chi connectivity index (χ1) is 18.0. The molecule has 2 aromatic carbocycles. The van der Waals surface area contributed by atoms with Crippen molar-refractivity contribution in [2.45, 2.75) is 19.0 Å². The number of imide groups is 1. The molecule has 192 valence electrons. The minimum Gasteiger partial charge on any atom is -0.338 e. The number of rotatable bonds is 5. The zero-order valence-electron chi connectivity index (χ0n) is 20.7. The molecule has 3 heterocycles. The minimum absolute atomic E-state index is 0.227. The molecule has 3 saturated heterocycles. The van der Waals surface area contributed by atoms with Crippen LogP contribution in [-0.2, 0) is 14.4 Å². The molecule has 5 amide bonds. The molecule has 0 bridgehead atoms. The largest absolute Gasteiger partial charge is 0.338 e. The van der Waals surface area contributed by atoms with Gasteiger partial charge in [-0.3, -0.25) is 19.3 Å². The first kappa shape index (κ1) is 24.7. The molecule has 0 aliphatic carbocycles. The maximum Gasteiger partial charge on any atom is 0.323 e. The molecule has 4 atom stereocenters. The lowest BCUT2D eigenvalue weighted by molar-refractivity contribution is -0.145.